The lowest BCUT2D eigenvalue weighted by molar-refractivity contribution is 0.250. The molecule has 0 atom stereocenters. The maximum absolute atomic E-state index is 11.4. The first kappa shape index (κ1) is 16.6. The number of hydrogen-bond acceptors (Lipinski definition) is 4. The van der Waals surface area contributed by atoms with E-state index >= 15 is 0 Å². The Balaban J connectivity index is 0.00000169. The van der Waals surface area contributed by atoms with Gasteiger partial charge in [0, 0.05) is 32.7 Å². The summed E-state index contributed by atoms with van der Waals surface area (Å²) >= 11 is 0. The molecule has 0 radical (unpaired) electrons. The minimum atomic E-state index is -0.393. The van der Waals surface area contributed by atoms with Crippen molar-refractivity contribution in [3.8, 4) is 0 Å². The van der Waals surface area contributed by atoms with Crippen molar-refractivity contribution in [2.24, 2.45) is 0 Å². The van der Waals surface area contributed by atoms with Crippen molar-refractivity contribution in [1.29, 1.82) is 0 Å². The highest BCUT2D eigenvalue weighted by atomic mass is 35.5. The van der Waals surface area contributed by atoms with Crippen molar-refractivity contribution in [2.75, 3.05) is 31.1 Å². The second-order valence-electron chi connectivity index (χ2n) is 5.92. The molecular formula is C18H20ClN3O2. The number of benzene rings is 2. The molecule has 24 heavy (non-hydrogen) atoms. The van der Waals surface area contributed by atoms with Crippen LogP contribution < -0.4 is 10.7 Å². The van der Waals surface area contributed by atoms with Gasteiger partial charge in [0.2, 0.25) is 0 Å². The average molecular weight is 346 g/mol. The molecule has 3 aromatic rings. The lowest BCUT2D eigenvalue weighted by atomic mass is 10.2. The summed E-state index contributed by atoms with van der Waals surface area (Å²) < 4.78 is 5.31. The number of rotatable bonds is 3. The largest absolute Gasteiger partial charge is 0.417 e. The van der Waals surface area contributed by atoms with Crippen molar-refractivity contribution < 1.29 is 4.42 Å². The van der Waals surface area contributed by atoms with Crippen LogP contribution in [0.15, 0.2) is 57.7 Å². The van der Waals surface area contributed by atoms with Crippen LogP contribution in [0.2, 0.25) is 0 Å². The van der Waals surface area contributed by atoms with Crippen molar-refractivity contribution in [3.05, 3.63) is 64.6 Å². The van der Waals surface area contributed by atoms with E-state index in [1.807, 2.05) is 24.3 Å². The van der Waals surface area contributed by atoms with E-state index in [4.69, 9.17) is 4.42 Å². The van der Waals surface area contributed by atoms with Crippen LogP contribution in [0.3, 0.4) is 0 Å². The van der Waals surface area contributed by atoms with Gasteiger partial charge in [0.15, 0.2) is 5.58 Å². The van der Waals surface area contributed by atoms with Gasteiger partial charge in [-0.3, -0.25) is 9.88 Å². The van der Waals surface area contributed by atoms with E-state index < -0.39 is 5.76 Å². The summed E-state index contributed by atoms with van der Waals surface area (Å²) in [5, 5.41) is 0. The molecule has 0 amide bonds. The lowest BCUT2D eigenvalue weighted by Gasteiger charge is -2.36. The number of fused-ring (bicyclic) bond motifs is 1. The quantitative estimate of drug-likeness (QED) is 0.793. The Morgan fingerprint density at radius 2 is 1.71 bits per heavy atom. The standard InChI is InChI=1S/C18H19N3O2.ClH/c22-18-19-15-7-4-8-16(17(15)23-18)21-11-9-20(10-12-21)13-14-5-2-1-3-6-14;/h1-8H,9-13H2,(H,19,22);1H. The fourth-order valence-corrected chi connectivity index (χ4v) is 3.20. The highest BCUT2D eigenvalue weighted by Gasteiger charge is 2.20. The van der Waals surface area contributed by atoms with Gasteiger partial charge in [0.25, 0.3) is 0 Å². The molecule has 4 rings (SSSR count). The number of piperazine rings is 1. The van der Waals surface area contributed by atoms with Gasteiger partial charge in [-0.15, -0.1) is 12.4 Å². The van der Waals surface area contributed by atoms with E-state index in [1.54, 1.807) is 0 Å². The molecule has 126 valence electrons. The summed E-state index contributed by atoms with van der Waals surface area (Å²) in [6.45, 7) is 4.85. The number of halogens is 1. The van der Waals surface area contributed by atoms with Crippen LogP contribution in [0.4, 0.5) is 5.69 Å². The second kappa shape index (κ2) is 7.11. The average Bonchev–Trinajstić information content (AvgIpc) is 2.97. The molecule has 0 aliphatic carbocycles. The molecule has 0 spiro atoms. The predicted molar refractivity (Wildman–Crippen MR) is 98.0 cm³/mol. The summed E-state index contributed by atoms with van der Waals surface area (Å²) in [6, 6.07) is 16.4. The molecule has 5 nitrogen and oxygen atoms in total. The number of nitrogens with one attached hydrogen (secondary N) is 1. The highest BCUT2D eigenvalue weighted by molar-refractivity contribution is 5.86. The third kappa shape index (κ3) is 3.32. The van der Waals surface area contributed by atoms with Crippen molar-refractivity contribution in [2.45, 2.75) is 6.54 Å². The number of nitrogens with zero attached hydrogens (tertiary/aromatic N) is 2. The predicted octanol–water partition coefficient (Wildman–Crippen LogP) is 2.87. The molecule has 1 N–H and O–H groups in total. The fourth-order valence-electron chi connectivity index (χ4n) is 3.20. The van der Waals surface area contributed by atoms with Gasteiger partial charge >= 0.3 is 5.76 Å². The molecule has 1 fully saturated rings. The Labute approximate surface area is 146 Å². The van der Waals surface area contributed by atoms with Crippen LogP contribution in [-0.2, 0) is 6.54 Å². The van der Waals surface area contributed by atoms with Crippen molar-refractivity contribution >= 4 is 29.2 Å². The fraction of sp³-hybridized carbons (Fsp3) is 0.278. The van der Waals surface area contributed by atoms with Crippen molar-refractivity contribution in [3.63, 3.8) is 0 Å². The Kier molecular flexibility index (Phi) is 4.92. The first-order valence-corrected chi connectivity index (χ1v) is 7.93. The van der Waals surface area contributed by atoms with Crippen molar-refractivity contribution in [1.82, 2.24) is 9.88 Å². The summed E-state index contributed by atoms with van der Waals surface area (Å²) in [5.41, 5.74) is 3.77. The Bertz CT molecular complexity index is 851. The lowest BCUT2D eigenvalue weighted by Crippen LogP contribution is -2.46. The van der Waals surface area contributed by atoms with Gasteiger partial charge in [-0.2, -0.15) is 0 Å². The Morgan fingerprint density at radius 1 is 0.958 bits per heavy atom. The summed E-state index contributed by atoms with van der Waals surface area (Å²) in [6.07, 6.45) is 0. The third-order valence-electron chi connectivity index (χ3n) is 4.39. The van der Waals surface area contributed by atoms with Crippen LogP contribution in [-0.4, -0.2) is 36.1 Å². The SMILES string of the molecule is Cl.O=c1[nH]c2cccc(N3CCN(Cc4ccccc4)CC3)c2o1. The number of hydrogen-bond donors (Lipinski definition) is 1. The minimum Gasteiger partial charge on any atom is -0.406 e. The van der Waals surface area contributed by atoms with E-state index in [2.05, 4.69) is 39.0 Å². The number of aromatic amines is 1. The normalized spacial score (nSPS) is 15.4. The molecule has 1 aromatic heterocycles. The second-order valence-corrected chi connectivity index (χ2v) is 5.92. The van der Waals surface area contributed by atoms with E-state index in [0.29, 0.717) is 5.58 Å². The monoisotopic (exact) mass is 345 g/mol. The maximum atomic E-state index is 11.4. The Morgan fingerprint density at radius 3 is 2.46 bits per heavy atom. The van der Waals surface area contributed by atoms with E-state index in [0.717, 1.165) is 43.9 Å². The molecular weight excluding hydrogens is 326 g/mol. The van der Waals surface area contributed by atoms with E-state index in [1.165, 1.54) is 5.56 Å². The zero-order valence-corrected chi connectivity index (χ0v) is 14.1. The number of aromatic nitrogens is 1. The topological polar surface area (TPSA) is 52.5 Å². The number of oxazole rings is 1. The summed E-state index contributed by atoms with van der Waals surface area (Å²) in [4.78, 5) is 18.9. The molecule has 1 saturated heterocycles. The van der Waals surface area contributed by atoms with Crippen LogP contribution in [0.5, 0.6) is 0 Å². The van der Waals surface area contributed by atoms with Gasteiger partial charge in [0.05, 0.1) is 11.2 Å². The van der Waals surface area contributed by atoms with Gasteiger partial charge in [0.1, 0.15) is 0 Å². The number of H-pyrrole nitrogens is 1. The third-order valence-corrected chi connectivity index (χ3v) is 4.39. The smallest absolute Gasteiger partial charge is 0.406 e. The molecule has 6 heteroatoms. The summed E-state index contributed by atoms with van der Waals surface area (Å²) in [5.74, 6) is -0.393. The van der Waals surface area contributed by atoms with Gasteiger partial charge in [-0.05, 0) is 17.7 Å². The number of anilines is 1. The molecule has 2 aromatic carbocycles. The zero-order valence-electron chi connectivity index (χ0n) is 13.3. The van der Waals surface area contributed by atoms with Gasteiger partial charge < -0.3 is 9.32 Å². The van der Waals surface area contributed by atoms with Gasteiger partial charge in [-0.1, -0.05) is 36.4 Å². The van der Waals surface area contributed by atoms with Crippen LogP contribution in [0.1, 0.15) is 5.56 Å². The molecule has 1 aliphatic heterocycles. The first-order chi connectivity index (χ1) is 11.3. The van der Waals surface area contributed by atoms with E-state index in [9.17, 15) is 4.79 Å². The first-order valence-electron chi connectivity index (χ1n) is 7.93. The molecule has 1 aliphatic rings. The number of para-hydroxylation sites is 1. The maximum Gasteiger partial charge on any atom is 0.417 e. The van der Waals surface area contributed by atoms with Crippen LogP contribution in [0, 0.1) is 0 Å². The zero-order chi connectivity index (χ0) is 15.6. The molecule has 2 heterocycles. The van der Waals surface area contributed by atoms with Crippen LogP contribution >= 0.6 is 12.4 Å². The van der Waals surface area contributed by atoms with E-state index in [-0.39, 0.29) is 12.4 Å². The van der Waals surface area contributed by atoms with Crippen LogP contribution in [0.25, 0.3) is 11.1 Å². The highest BCUT2D eigenvalue weighted by Crippen LogP contribution is 2.26. The molecule has 0 unspecified atom stereocenters. The van der Waals surface area contributed by atoms with Gasteiger partial charge in [-0.25, -0.2) is 4.79 Å². The molecule has 0 saturated carbocycles. The minimum absolute atomic E-state index is 0. The summed E-state index contributed by atoms with van der Waals surface area (Å²) in [7, 11) is 0. The molecule has 0 bridgehead atoms. The Hall–Kier alpha value is -2.24.